The zero-order valence-corrected chi connectivity index (χ0v) is 17.4. The van der Waals surface area contributed by atoms with Gasteiger partial charge in [-0.15, -0.1) is 10.2 Å². The maximum absolute atomic E-state index is 13.4. The summed E-state index contributed by atoms with van der Waals surface area (Å²) in [5.41, 5.74) is 1.53. The Hall–Kier alpha value is -3.27. The Bertz CT molecular complexity index is 1030. The number of benzene rings is 2. The first kappa shape index (κ1) is 21.4. The second kappa shape index (κ2) is 9.97. The second-order valence-corrected chi connectivity index (χ2v) is 7.21. The molecule has 10 heteroatoms. The molecule has 1 aromatic heterocycles. The van der Waals surface area contributed by atoms with Crippen LogP contribution in [0.3, 0.4) is 0 Å². The van der Waals surface area contributed by atoms with Crippen molar-refractivity contribution in [1.29, 1.82) is 0 Å². The molecule has 1 heterocycles. The van der Waals surface area contributed by atoms with Crippen LogP contribution in [-0.2, 0) is 11.2 Å². The SMILES string of the molecule is COc1ccc(CCNC(=O)CSc2nnc(-c3cccc(F)c3)n2N)cc1OC. The van der Waals surface area contributed by atoms with Crippen molar-refractivity contribution >= 4 is 17.7 Å². The van der Waals surface area contributed by atoms with E-state index in [1.807, 2.05) is 18.2 Å². The van der Waals surface area contributed by atoms with Crippen LogP contribution in [0.15, 0.2) is 47.6 Å². The molecule has 30 heavy (non-hydrogen) atoms. The lowest BCUT2D eigenvalue weighted by Gasteiger charge is -2.10. The van der Waals surface area contributed by atoms with E-state index >= 15 is 0 Å². The van der Waals surface area contributed by atoms with Crippen LogP contribution in [0.25, 0.3) is 11.4 Å². The van der Waals surface area contributed by atoms with Crippen molar-refractivity contribution in [2.24, 2.45) is 0 Å². The molecule has 3 rings (SSSR count). The third-order valence-corrected chi connectivity index (χ3v) is 5.21. The van der Waals surface area contributed by atoms with E-state index in [2.05, 4.69) is 15.5 Å². The predicted molar refractivity (Wildman–Crippen MR) is 113 cm³/mol. The lowest BCUT2D eigenvalue weighted by molar-refractivity contribution is -0.118. The van der Waals surface area contributed by atoms with Crippen LogP contribution in [-0.4, -0.2) is 47.3 Å². The van der Waals surface area contributed by atoms with Crippen LogP contribution in [0.1, 0.15) is 5.56 Å². The fourth-order valence-corrected chi connectivity index (χ4v) is 3.45. The summed E-state index contributed by atoms with van der Waals surface area (Å²) < 4.78 is 25.1. The molecule has 0 aliphatic rings. The van der Waals surface area contributed by atoms with Crippen molar-refractivity contribution in [3.63, 3.8) is 0 Å². The van der Waals surface area contributed by atoms with E-state index in [9.17, 15) is 9.18 Å². The van der Waals surface area contributed by atoms with Crippen LogP contribution in [0, 0.1) is 5.82 Å². The zero-order chi connectivity index (χ0) is 21.5. The average molecular weight is 431 g/mol. The zero-order valence-electron chi connectivity index (χ0n) is 16.6. The molecule has 0 saturated carbocycles. The van der Waals surface area contributed by atoms with E-state index in [1.54, 1.807) is 26.4 Å². The van der Waals surface area contributed by atoms with E-state index in [4.69, 9.17) is 15.3 Å². The highest BCUT2D eigenvalue weighted by Gasteiger charge is 2.14. The number of nitrogen functional groups attached to an aromatic ring is 1. The molecular formula is C20H22FN5O3S. The number of aromatic nitrogens is 3. The highest BCUT2D eigenvalue weighted by molar-refractivity contribution is 7.99. The van der Waals surface area contributed by atoms with E-state index < -0.39 is 5.82 Å². The van der Waals surface area contributed by atoms with Gasteiger partial charge in [0.15, 0.2) is 17.3 Å². The van der Waals surface area contributed by atoms with Gasteiger partial charge in [0, 0.05) is 12.1 Å². The van der Waals surface area contributed by atoms with Crippen LogP contribution >= 0.6 is 11.8 Å². The van der Waals surface area contributed by atoms with Gasteiger partial charge in [0.25, 0.3) is 0 Å². The predicted octanol–water partition coefficient (Wildman–Crippen LogP) is 2.27. The number of nitrogens with two attached hydrogens (primary N) is 1. The Morgan fingerprint density at radius 3 is 2.70 bits per heavy atom. The minimum absolute atomic E-state index is 0.129. The number of halogens is 1. The van der Waals surface area contributed by atoms with Crippen molar-refractivity contribution < 1.29 is 18.7 Å². The van der Waals surface area contributed by atoms with Gasteiger partial charge in [0.2, 0.25) is 11.1 Å². The summed E-state index contributed by atoms with van der Waals surface area (Å²) in [7, 11) is 3.16. The Morgan fingerprint density at radius 1 is 1.17 bits per heavy atom. The molecule has 0 fully saturated rings. The average Bonchev–Trinajstić information content (AvgIpc) is 3.12. The van der Waals surface area contributed by atoms with Crippen molar-refractivity contribution in [1.82, 2.24) is 20.2 Å². The van der Waals surface area contributed by atoms with Crippen molar-refractivity contribution in [3.05, 3.63) is 53.8 Å². The van der Waals surface area contributed by atoms with Gasteiger partial charge in [-0.05, 0) is 36.2 Å². The number of methoxy groups -OCH3 is 2. The maximum atomic E-state index is 13.4. The maximum Gasteiger partial charge on any atom is 0.230 e. The molecule has 0 atom stereocenters. The molecule has 8 nitrogen and oxygen atoms in total. The van der Waals surface area contributed by atoms with Crippen LogP contribution in [0.4, 0.5) is 4.39 Å². The summed E-state index contributed by atoms with van der Waals surface area (Å²) >= 11 is 1.15. The minimum Gasteiger partial charge on any atom is -0.493 e. The number of nitrogens with zero attached hydrogens (tertiary/aromatic N) is 3. The molecule has 158 valence electrons. The van der Waals surface area contributed by atoms with Crippen LogP contribution < -0.4 is 20.6 Å². The Labute approximate surface area is 177 Å². The Kier molecular flexibility index (Phi) is 7.12. The number of carbonyl (C=O) groups is 1. The molecule has 3 N–H and O–H groups in total. The molecule has 2 aromatic carbocycles. The standard InChI is InChI=1S/C20H22FN5O3S/c1-28-16-7-6-13(10-17(16)29-2)8-9-23-18(27)12-30-20-25-24-19(26(20)22)14-4-3-5-15(21)11-14/h3-7,10-11H,8-9,12,22H2,1-2H3,(H,23,27). The van der Waals surface area contributed by atoms with E-state index in [0.717, 1.165) is 17.3 Å². The molecule has 1 amide bonds. The Morgan fingerprint density at radius 2 is 1.97 bits per heavy atom. The quantitative estimate of drug-likeness (QED) is 0.396. The topological polar surface area (TPSA) is 104 Å². The number of carbonyl (C=O) groups excluding carboxylic acids is 1. The molecule has 0 unspecified atom stereocenters. The summed E-state index contributed by atoms with van der Waals surface area (Å²) in [4.78, 5) is 12.1. The largest absolute Gasteiger partial charge is 0.493 e. The van der Waals surface area contributed by atoms with Crippen LogP contribution in [0.5, 0.6) is 11.5 Å². The van der Waals surface area contributed by atoms with Gasteiger partial charge in [0.05, 0.1) is 20.0 Å². The smallest absolute Gasteiger partial charge is 0.230 e. The lowest BCUT2D eigenvalue weighted by Crippen LogP contribution is -2.27. The van der Waals surface area contributed by atoms with E-state index in [-0.39, 0.29) is 11.7 Å². The van der Waals surface area contributed by atoms with Gasteiger partial charge in [0.1, 0.15) is 5.82 Å². The molecule has 0 aliphatic carbocycles. The molecule has 0 saturated heterocycles. The molecule has 3 aromatic rings. The number of rotatable bonds is 9. The highest BCUT2D eigenvalue weighted by atomic mass is 32.2. The normalized spacial score (nSPS) is 10.6. The fourth-order valence-electron chi connectivity index (χ4n) is 2.76. The summed E-state index contributed by atoms with van der Waals surface area (Å²) in [6.45, 7) is 0.471. The van der Waals surface area contributed by atoms with Gasteiger partial charge in [-0.1, -0.05) is 30.0 Å². The first-order chi connectivity index (χ1) is 14.5. The highest BCUT2D eigenvalue weighted by Crippen LogP contribution is 2.27. The van der Waals surface area contributed by atoms with Crippen molar-refractivity contribution in [3.8, 4) is 22.9 Å². The van der Waals surface area contributed by atoms with Crippen molar-refractivity contribution in [2.45, 2.75) is 11.6 Å². The van der Waals surface area contributed by atoms with Crippen LogP contribution in [0.2, 0.25) is 0 Å². The first-order valence-corrected chi connectivity index (χ1v) is 10.1. The van der Waals surface area contributed by atoms with Gasteiger partial charge < -0.3 is 20.6 Å². The van der Waals surface area contributed by atoms with Gasteiger partial charge in [-0.25, -0.2) is 9.07 Å². The number of nitrogens with one attached hydrogen (secondary N) is 1. The van der Waals surface area contributed by atoms with Gasteiger partial charge in [-0.3, -0.25) is 4.79 Å². The number of hydrogen-bond acceptors (Lipinski definition) is 7. The third kappa shape index (κ3) is 5.20. The molecule has 0 bridgehead atoms. The van der Waals surface area contributed by atoms with Gasteiger partial charge >= 0.3 is 0 Å². The fraction of sp³-hybridized carbons (Fsp3) is 0.250. The van der Waals surface area contributed by atoms with E-state index in [0.29, 0.717) is 41.0 Å². The van der Waals surface area contributed by atoms with E-state index in [1.165, 1.54) is 16.8 Å². The summed E-state index contributed by atoms with van der Waals surface area (Å²) in [5, 5.41) is 11.2. The molecule has 0 spiro atoms. The molecular weight excluding hydrogens is 409 g/mol. The van der Waals surface area contributed by atoms with Gasteiger partial charge in [-0.2, -0.15) is 0 Å². The number of hydrogen-bond donors (Lipinski definition) is 2. The number of ether oxygens (including phenoxy) is 2. The summed E-state index contributed by atoms with van der Waals surface area (Å²) in [6, 6.07) is 11.5. The van der Waals surface area contributed by atoms with Crippen molar-refractivity contribution in [2.75, 3.05) is 32.4 Å². The first-order valence-electron chi connectivity index (χ1n) is 9.08. The summed E-state index contributed by atoms with van der Waals surface area (Å²) in [6.07, 6.45) is 0.646. The third-order valence-electron chi connectivity index (χ3n) is 4.26. The molecule has 0 radical (unpaired) electrons. The molecule has 0 aliphatic heterocycles. The number of thioether (sulfide) groups is 1. The monoisotopic (exact) mass is 431 g/mol. The summed E-state index contributed by atoms with van der Waals surface area (Å²) in [5.74, 6) is 7.20. The Balaban J connectivity index is 1.50. The number of amides is 1. The second-order valence-electron chi connectivity index (χ2n) is 6.26. The lowest BCUT2D eigenvalue weighted by atomic mass is 10.1. The minimum atomic E-state index is -0.390.